The summed E-state index contributed by atoms with van der Waals surface area (Å²) < 4.78 is 1.04. The highest BCUT2D eigenvalue weighted by Gasteiger charge is 2.17. The number of hydrogen-bond donors (Lipinski definition) is 1. The number of aromatic nitrogens is 1. The van der Waals surface area contributed by atoms with Gasteiger partial charge in [-0.1, -0.05) is 0 Å². The molecule has 1 saturated heterocycles. The molecule has 1 atom stereocenters. The highest BCUT2D eigenvalue weighted by Crippen LogP contribution is 2.11. The van der Waals surface area contributed by atoms with E-state index >= 15 is 0 Å². The first kappa shape index (κ1) is 11.0. The SMILES string of the molecule is CC1CNCCN1Cc1ccc(Br)cn1. The zero-order valence-corrected chi connectivity index (χ0v) is 10.5. The van der Waals surface area contributed by atoms with Crippen LogP contribution in [0.4, 0.5) is 0 Å². The molecule has 1 N–H and O–H groups in total. The molecule has 1 aromatic rings. The number of pyridine rings is 1. The molecule has 1 aliphatic heterocycles. The third-order valence-electron chi connectivity index (χ3n) is 2.79. The molecule has 1 fully saturated rings. The van der Waals surface area contributed by atoms with Gasteiger partial charge in [0.2, 0.25) is 0 Å². The molecule has 0 aliphatic carbocycles. The summed E-state index contributed by atoms with van der Waals surface area (Å²) >= 11 is 3.40. The number of halogens is 1. The summed E-state index contributed by atoms with van der Waals surface area (Å²) in [5, 5.41) is 3.39. The minimum Gasteiger partial charge on any atom is -0.314 e. The predicted molar refractivity (Wildman–Crippen MR) is 64.7 cm³/mol. The second kappa shape index (κ2) is 5.05. The molecule has 0 radical (unpaired) electrons. The van der Waals surface area contributed by atoms with Gasteiger partial charge in [0.25, 0.3) is 0 Å². The van der Waals surface area contributed by atoms with E-state index in [9.17, 15) is 0 Å². The van der Waals surface area contributed by atoms with Gasteiger partial charge in [-0.15, -0.1) is 0 Å². The normalized spacial score (nSPS) is 22.9. The molecule has 2 heterocycles. The van der Waals surface area contributed by atoms with Gasteiger partial charge in [-0.2, -0.15) is 0 Å². The lowest BCUT2D eigenvalue weighted by molar-refractivity contribution is 0.164. The van der Waals surface area contributed by atoms with Gasteiger partial charge in [0.15, 0.2) is 0 Å². The van der Waals surface area contributed by atoms with Crippen LogP contribution in [-0.2, 0) is 6.54 Å². The maximum Gasteiger partial charge on any atom is 0.0544 e. The third kappa shape index (κ3) is 3.00. The molecular weight excluding hydrogens is 254 g/mol. The van der Waals surface area contributed by atoms with E-state index in [4.69, 9.17) is 0 Å². The molecule has 82 valence electrons. The fourth-order valence-electron chi connectivity index (χ4n) is 1.83. The number of rotatable bonds is 2. The lowest BCUT2D eigenvalue weighted by atomic mass is 10.2. The maximum atomic E-state index is 4.40. The standard InChI is InChI=1S/C11H16BrN3/c1-9-6-13-4-5-15(9)8-11-3-2-10(12)7-14-11/h2-3,7,9,13H,4-6,8H2,1H3. The molecule has 3 nitrogen and oxygen atoms in total. The Labute approximate surface area is 99.0 Å². The Morgan fingerprint density at radius 1 is 1.60 bits per heavy atom. The van der Waals surface area contributed by atoms with Crippen molar-refractivity contribution in [1.29, 1.82) is 0 Å². The quantitative estimate of drug-likeness (QED) is 0.885. The van der Waals surface area contributed by atoms with E-state index in [1.165, 1.54) is 0 Å². The number of piperazine rings is 1. The Hall–Kier alpha value is -0.450. The monoisotopic (exact) mass is 269 g/mol. The molecule has 0 aromatic carbocycles. The zero-order chi connectivity index (χ0) is 10.7. The summed E-state index contributed by atoms with van der Waals surface area (Å²) in [6, 6.07) is 4.73. The first-order valence-electron chi connectivity index (χ1n) is 5.31. The van der Waals surface area contributed by atoms with Crippen molar-refractivity contribution in [3.8, 4) is 0 Å². The molecule has 4 heteroatoms. The minimum atomic E-state index is 0.601. The summed E-state index contributed by atoms with van der Waals surface area (Å²) in [6.07, 6.45) is 1.86. The van der Waals surface area contributed by atoms with E-state index in [-0.39, 0.29) is 0 Å². The molecule has 1 unspecified atom stereocenters. The summed E-state index contributed by atoms with van der Waals surface area (Å²) in [5.41, 5.74) is 1.15. The van der Waals surface area contributed by atoms with Crippen LogP contribution < -0.4 is 5.32 Å². The van der Waals surface area contributed by atoms with Gasteiger partial charge in [-0.05, 0) is 35.0 Å². The van der Waals surface area contributed by atoms with Crippen LogP contribution >= 0.6 is 15.9 Å². The molecular formula is C11H16BrN3. The van der Waals surface area contributed by atoms with Crippen LogP contribution in [-0.4, -0.2) is 35.6 Å². The molecule has 15 heavy (non-hydrogen) atoms. The topological polar surface area (TPSA) is 28.2 Å². The van der Waals surface area contributed by atoms with Gasteiger partial charge in [0.05, 0.1) is 5.69 Å². The van der Waals surface area contributed by atoms with E-state index in [0.29, 0.717) is 6.04 Å². The minimum absolute atomic E-state index is 0.601. The lowest BCUT2D eigenvalue weighted by Crippen LogP contribution is -2.49. The molecule has 1 aliphatic rings. The highest BCUT2D eigenvalue weighted by molar-refractivity contribution is 9.10. The Kier molecular flexibility index (Phi) is 3.72. The van der Waals surface area contributed by atoms with Crippen molar-refractivity contribution in [3.63, 3.8) is 0 Å². The fraction of sp³-hybridized carbons (Fsp3) is 0.545. The number of nitrogens with zero attached hydrogens (tertiary/aromatic N) is 2. The fourth-order valence-corrected chi connectivity index (χ4v) is 2.06. The van der Waals surface area contributed by atoms with Gasteiger partial charge >= 0.3 is 0 Å². The highest BCUT2D eigenvalue weighted by atomic mass is 79.9. The molecule has 1 aromatic heterocycles. The second-order valence-electron chi connectivity index (χ2n) is 3.99. The lowest BCUT2D eigenvalue weighted by Gasteiger charge is -2.33. The van der Waals surface area contributed by atoms with Crippen LogP contribution in [0.3, 0.4) is 0 Å². The summed E-state index contributed by atoms with van der Waals surface area (Å²) in [5.74, 6) is 0. The summed E-state index contributed by atoms with van der Waals surface area (Å²) in [7, 11) is 0. The molecule has 0 spiro atoms. The average Bonchev–Trinajstić information content (AvgIpc) is 2.25. The van der Waals surface area contributed by atoms with Crippen LogP contribution in [0.25, 0.3) is 0 Å². The smallest absolute Gasteiger partial charge is 0.0544 e. The van der Waals surface area contributed by atoms with E-state index in [0.717, 1.165) is 36.3 Å². The van der Waals surface area contributed by atoms with Gasteiger partial charge < -0.3 is 5.32 Å². The zero-order valence-electron chi connectivity index (χ0n) is 8.91. The van der Waals surface area contributed by atoms with Crippen molar-refractivity contribution in [3.05, 3.63) is 28.5 Å². The maximum absolute atomic E-state index is 4.40. The van der Waals surface area contributed by atoms with Crippen molar-refractivity contribution >= 4 is 15.9 Å². The Balaban J connectivity index is 1.98. The van der Waals surface area contributed by atoms with Crippen molar-refractivity contribution in [2.24, 2.45) is 0 Å². The molecule has 0 saturated carbocycles. The van der Waals surface area contributed by atoms with Crippen LogP contribution in [0.2, 0.25) is 0 Å². The second-order valence-corrected chi connectivity index (χ2v) is 4.91. The van der Waals surface area contributed by atoms with Crippen molar-refractivity contribution in [2.45, 2.75) is 19.5 Å². The number of nitrogens with one attached hydrogen (secondary N) is 1. The van der Waals surface area contributed by atoms with Crippen LogP contribution in [0.5, 0.6) is 0 Å². The van der Waals surface area contributed by atoms with Crippen LogP contribution in [0.15, 0.2) is 22.8 Å². The first-order valence-corrected chi connectivity index (χ1v) is 6.10. The Morgan fingerprint density at radius 2 is 2.47 bits per heavy atom. The largest absolute Gasteiger partial charge is 0.314 e. The van der Waals surface area contributed by atoms with E-state index in [2.05, 4.69) is 50.2 Å². The Bertz CT molecular complexity index is 312. The molecule has 0 bridgehead atoms. The van der Waals surface area contributed by atoms with Gasteiger partial charge in [-0.3, -0.25) is 9.88 Å². The summed E-state index contributed by atoms with van der Waals surface area (Å²) in [4.78, 5) is 6.86. The van der Waals surface area contributed by atoms with Crippen LogP contribution in [0, 0.1) is 0 Å². The van der Waals surface area contributed by atoms with E-state index in [1.807, 2.05) is 6.20 Å². The summed E-state index contributed by atoms with van der Waals surface area (Å²) in [6.45, 7) is 6.48. The third-order valence-corrected chi connectivity index (χ3v) is 3.26. The first-order chi connectivity index (χ1) is 7.25. The average molecular weight is 270 g/mol. The van der Waals surface area contributed by atoms with Crippen molar-refractivity contribution in [2.75, 3.05) is 19.6 Å². The van der Waals surface area contributed by atoms with Crippen LogP contribution in [0.1, 0.15) is 12.6 Å². The van der Waals surface area contributed by atoms with Crippen molar-refractivity contribution < 1.29 is 0 Å². The molecule has 2 rings (SSSR count). The van der Waals surface area contributed by atoms with Gasteiger partial charge in [0.1, 0.15) is 0 Å². The predicted octanol–water partition coefficient (Wildman–Crippen LogP) is 1.64. The van der Waals surface area contributed by atoms with Crippen molar-refractivity contribution in [1.82, 2.24) is 15.2 Å². The van der Waals surface area contributed by atoms with Gasteiger partial charge in [-0.25, -0.2) is 0 Å². The number of hydrogen-bond acceptors (Lipinski definition) is 3. The van der Waals surface area contributed by atoms with E-state index in [1.54, 1.807) is 0 Å². The van der Waals surface area contributed by atoms with E-state index < -0.39 is 0 Å². The molecule has 0 amide bonds. The Morgan fingerprint density at radius 3 is 3.13 bits per heavy atom. The van der Waals surface area contributed by atoms with Gasteiger partial charge in [0, 0.05) is 42.9 Å².